The third-order valence-corrected chi connectivity index (χ3v) is 3.33. The lowest BCUT2D eigenvalue weighted by atomic mass is 10.2. The molecule has 0 amide bonds. The minimum atomic E-state index is -4.39. The summed E-state index contributed by atoms with van der Waals surface area (Å²) < 4.78 is 39.2. The molecule has 0 aliphatic carbocycles. The van der Waals surface area contributed by atoms with Crippen molar-refractivity contribution in [1.29, 1.82) is 5.41 Å². The zero-order chi connectivity index (χ0) is 18.7. The number of benzene rings is 1. The van der Waals surface area contributed by atoms with Crippen molar-refractivity contribution in [3.05, 3.63) is 60.3 Å². The summed E-state index contributed by atoms with van der Waals surface area (Å²) in [6, 6.07) is 4.61. The van der Waals surface area contributed by atoms with Crippen molar-refractivity contribution in [2.45, 2.75) is 6.18 Å². The zero-order valence-corrected chi connectivity index (χ0v) is 13.0. The number of hydrogen-bond acceptors (Lipinski definition) is 6. The first-order valence-electron chi connectivity index (χ1n) is 7.17. The van der Waals surface area contributed by atoms with Crippen LogP contribution < -0.4 is 10.8 Å². The second-order valence-electron chi connectivity index (χ2n) is 5.12. The molecule has 1 aromatic carbocycles. The van der Waals surface area contributed by atoms with E-state index in [-0.39, 0.29) is 11.5 Å². The van der Waals surface area contributed by atoms with E-state index in [0.717, 1.165) is 12.1 Å². The SMILES string of the molecule is N=C(NO)c1cnc(Nc2cnn(-c3ccc(C(F)(F)F)cc3)c2)cn1. The van der Waals surface area contributed by atoms with E-state index in [1.807, 2.05) is 0 Å². The molecule has 0 radical (unpaired) electrons. The van der Waals surface area contributed by atoms with E-state index in [1.54, 1.807) is 11.7 Å². The van der Waals surface area contributed by atoms with Crippen LogP contribution in [-0.4, -0.2) is 30.8 Å². The lowest BCUT2D eigenvalue weighted by molar-refractivity contribution is -0.137. The Morgan fingerprint density at radius 3 is 2.38 bits per heavy atom. The minimum Gasteiger partial charge on any atom is -0.336 e. The molecule has 0 atom stereocenters. The van der Waals surface area contributed by atoms with Gasteiger partial charge in [-0.2, -0.15) is 18.3 Å². The quantitative estimate of drug-likeness (QED) is 0.322. The Bertz CT molecular complexity index is 904. The maximum Gasteiger partial charge on any atom is 0.416 e. The van der Waals surface area contributed by atoms with Crippen molar-refractivity contribution in [3.8, 4) is 5.69 Å². The molecule has 134 valence electrons. The standard InChI is InChI=1S/C15H12F3N7O/c16-15(17,18)9-1-3-11(4-2-9)25-8-10(5-22-25)23-13-7-20-12(6-21-13)14(19)24-26/h1-8,26H,(H2,19,24)(H,21,23). The molecule has 0 aliphatic rings. The van der Waals surface area contributed by atoms with E-state index >= 15 is 0 Å². The average molecular weight is 363 g/mol. The van der Waals surface area contributed by atoms with E-state index in [2.05, 4.69) is 20.4 Å². The number of aromatic nitrogens is 4. The second kappa shape index (κ2) is 6.80. The molecule has 3 rings (SSSR count). The summed E-state index contributed by atoms with van der Waals surface area (Å²) in [7, 11) is 0. The largest absolute Gasteiger partial charge is 0.416 e. The molecule has 0 unspecified atom stereocenters. The smallest absolute Gasteiger partial charge is 0.336 e. The van der Waals surface area contributed by atoms with Crippen molar-refractivity contribution in [1.82, 2.24) is 25.2 Å². The summed E-state index contributed by atoms with van der Waals surface area (Å²) in [5.74, 6) is 0.0747. The minimum absolute atomic E-state index is 0.151. The molecule has 8 nitrogen and oxygen atoms in total. The highest BCUT2D eigenvalue weighted by Gasteiger charge is 2.30. The van der Waals surface area contributed by atoms with Gasteiger partial charge < -0.3 is 5.32 Å². The zero-order valence-electron chi connectivity index (χ0n) is 13.0. The monoisotopic (exact) mass is 363 g/mol. The van der Waals surface area contributed by atoms with Crippen molar-refractivity contribution in [2.24, 2.45) is 0 Å². The Balaban J connectivity index is 1.73. The van der Waals surface area contributed by atoms with Gasteiger partial charge in [0.25, 0.3) is 0 Å². The lowest BCUT2D eigenvalue weighted by Crippen LogP contribution is -2.20. The number of halogens is 3. The third-order valence-electron chi connectivity index (χ3n) is 3.33. The maximum atomic E-state index is 12.6. The van der Waals surface area contributed by atoms with Crippen LogP contribution in [0.2, 0.25) is 0 Å². The number of amidine groups is 1. The summed E-state index contributed by atoms with van der Waals surface area (Å²) in [5, 5.41) is 23.0. The average Bonchev–Trinajstić information content (AvgIpc) is 3.09. The molecule has 0 aliphatic heterocycles. The van der Waals surface area contributed by atoms with Crippen molar-refractivity contribution < 1.29 is 18.4 Å². The number of hydroxylamine groups is 1. The number of hydrogen-bond donors (Lipinski definition) is 4. The van der Waals surface area contributed by atoms with E-state index < -0.39 is 11.7 Å². The molecule has 0 fully saturated rings. The first-order valence-corrected chi connectivity index (χ1v) is 7.17. The molecular formula is C15H12F3N7O. The second-order valence-corrected chi connectivity index (χ2v) is 5.12. The number of nitrogens with one attached hydrogen (secondary N) is 3. The Morgan fingerprint density at radius 2 is 1.81 bits per heavy atom. The van der Waals surface area contributed by atoms with Crippen LogP contribution in [0.1, 0.15) is 11.3 Å². The molecule has 0 saturated heterocycles. The first kappa shape index (κ1) is 17.4. The van der Waals surface area contributed by atoms with Crippen LogP contribution in [0.5, 0.6) is 0 Å². The van der Waals surface area contributed by atoms with Crippen LogP contribution in [0.3, 0.4) is 0 Å². The van der Waals surface area contributed by atoms with Crippen LogP contribution in [0.4, 0.5) is 24.7 Å². The van der Waals surface area contributed by atoms with E-state index in [1.165, 1.54) is 35.4 Å². The third kappa shape index (κ3) is 3.78. The van der Waals surface area contributed by atoms with Gasteiger partial charge in [-0.25, -0.2) is 14.6 Å². The number of nitrogens with zero attached hydrogens (tertiary/aromatic N) is 4. The van der Waals surface area contributed by atoms with Gasteiger partial charge in [0.1, 0.15) is 11.5 Å². The molecular weight excluding hydrogens is 351 g/mol. The van der Waals surface area contributed by atoms with Crippen LogP contribution in [0.25, 0.3) is 5.69 Å². The predicted molar refractivity (Wildman–Crippen MR) is 85.6 cm³/mol. The normalized spacial score (nSPS) is 11.2. The summed E-state index contributed by atoms with van der Waals surface area (Å²) >= 11 is 0. The molecule has 3 aromatic rings. The van der Waals surface area contributed by atoms with Gasteiger partial charge in [-0.05, 0) is 24.3 Å². The van der Waals surface area contributed by atoms with Crippen LogP contribution >= 0.6 is 0 Å². The van der Waals surface area contributed by atoms with Gasteiger partial charge in [0, 0.05) is 0 Å². The fourth-order valence-corrected chi connectivity index (χ4v) is 2.06. The topological polar surface area (TPSA) is 112 Å². The van der Waals surface area contributed by atoms with Crippen LogP contribution in [0.15, 0.2) is 49.1 Å². The van der Waals surface area contributed by atoms with E-state index in [4.69, 9.17) is 10.6 Å². The molecule has 0 saturated carbocycles. The molecule has 0 spiro atoms. The van der Waals surface area contributed by atoms with Crippen molar-refractivity contribution in [2.75, 3.05) is 5.32 Å². The number of anilines is 2. The Kier molecular flexibility index (Phi) is 4.54. The fraction of sp³-hybridized carbons (Fsp3) is 0.0667. The number of alkyl halides is 3. The van der Waals surface area contributed by atoms with Gasteiger partial charge in [0.05, 0.1) is 41.7 Å². The van der Waals surface area contributed by atoms with E-state index in [0.29, 0.717) is 17.2 Å². The number of rotatable bonds is 4. The van der Waals surface area contributed by atoms with Crippen molar-refractivity contribution in [3.63, 3.8) is 0 Å². The summed E-state index contributed by atoms with van der Waals surface area (Å²) in [4.78, 5) is 7.97. The van der Waals surface area contributed by atoms with Gasteiger partial charge in [0.15, 0.2) is 5.84 Å². The van der Waals surface area contributed by atoms with Gasteiger partial charge in [-0.15, -0.1) is 0 Å². The molecule has 11 heteroatoms. The summed E-state index contributed by atoms with van der Waals surface area (Å²) in [6.45, 7) is 0. The molecule has 2 aromatic heterocycles. The maximum absolute atomic E-state index is 12.6. The van der Waals surface area contributed by atoms with Gasteiger partial charge in [0.2, 0.25) is 0 Å². The van der Waals surface area contributed by atoms with Gasteiger partial charge >= 0.3 is 6.18 Å². The fourth-order valence-electron chi connectivity index (χ4n) is 2.06. The van der Waals surface area contributed by atoms with Gasteiger partial charge in [-0.1, -0.05) is 0 Å². The van der Waals surface area contributed by atoms with Crippen LogP contribution in [0, 0.1) is 5.41 Å². The van der Waals surface area contributed by atoms with E-state index in [9.17, 15) is 13.2 Å². The molecule has 2 heterocycles. The highest BCUT2D eigenvalue weighted by atomic mass is 19.4. The lowest BCUT2D eigenvalue weighted by Gasteiger charge is -2.07. The molecule has 4 N–H and O–H groups in total. The Morgan fingerprint density at radius 1 is 1.08 bits per heavy atom. The summed E-state index contributed by atoms with van der Waals surface area (Å²) in [5.41, 5.74) is 2.09. The molecule has 26 heavy (non-hydrogen) atoms. The highest BCUT2D eigenvalue weighted by Crippen LogP contribution is 2.29. The van der Waals surface area contributed by atoms with Gasteiger partial charge in [-0.3, -0.25) is 16.1 Å². The Labute approximate surface area is 144 Å². The summed E-state index contributed by atoms with van der Waals surface area (Å²) in [6.07, 6.45) is 1.31. The van der Waals surface area contributed by atoms with Crippen LogP contribution in [-0.2, 0) is 6.18 Å². The predicted octanol–water partition coefficient (Wildman–Crippen LogP) is 2.73. The highest BCUT2D eigenvalue weighted by molar-refractivity contribution is 5.93. The first-order chi connectivity index (χ1) is 12.4. The van der Waals surface area contributed by atoms with Crippen molar-refractivity contribution >= 4 is 17.3 Å². The Hall–Kier alpha value is -3.47. The molecule has 0 bridgehead atoms.